The molecule has 8 heteroatoms. The van der Waals surface area contributed by atoms with Gasteiger partial charge in [-0.15, -0.1) is 0 Å². The zero-order valence-electron chi connectivity index (χ0n) is 25.2. The molecule has 0 bridgehead atoms. The van der Waals surface area contributed by atoms with Crippen LogP contribution < -0.4 is 15.8 Å². The summed E-state index contributed by atoms with van der Waals surface area (Å²) in [5.41, 5.74) is 13.3. The number of benzene rings is 2. The van der Waals surface area contributed by atoms with E-state index in [1.165, 1.54) is 29.4 Å². The van der Waals surface area contributed by atoms with Crippen molar-refractivity contribution in [2.45, 2.75) is 46.3 Å². The maximum absolute atomic E-state index is 12.1. The predicted molar refractivity (Wildman–Crippen MR) is 163 cm³/mol. The SMILES string of the molecule is CNCC(N)C(=N)CN1CCN(Cc2c(OC)cc(C)c(C)c2/C=C\C(C)C)C(c2ccc(C(=O)OC)cc2)C1. The number of hydrogen-bond donors (Lipinski definition) is 3. The van der Waals surface area contributed by atoms with Gasteiger partial charge in [-0.2, -0.15) is 0 Å². The third-order valence-electron chi connectivity index (χ3n) is 7.75. The number of ether oxygens (including phenoxy) is 2. The number of methoxy groups -OCH3 is 2. The molecule has 2 aromatic carbocycles. The Morgan fingerprint density at radius 3 is 2.50 bits per heavy atom. The molecule has 2 unspecified atom stereocenters. The fraction of sp³-hybridized carbons (Fsp3) is 0.500. The van der Waals surface area contributed by atoms with Gasteiger partial charge in [-0.05, 0) is 67.3 Å². The molecule has 0 aromatic heterocycles. The van der Waals surface area contributed by atoms with Gasteiger partial charge in [-0.25, -0.2) is 4.79 Å². The highest BCUT2D eigenvalue weighted by atomic mass is 16.5. The summed E-state index contributed by atoms with van der Waals surface area (Å²) >= 11 is 0. The molecule has 2 aromatic rings. The quantitative estimate of drug-likeness (QED) is 0.269. The molecule has 0 aliphatic carbocycles. The van der Waals surface area contributed by atoms with E-state index in [9.17, 15) is 4.79 Å². The van der Waals surface area contributed by atoms with E-state index in [2.05, 4.69) is 61.0 Å². The number of esters is 1. The van der Waals surface area contributed by atoms with Crippen molar-refractivity contribution in [1.29, 1.82) is 5.41 Å². The molecule has 1 fully saturated rings. The molecule has 1 aliphatic heterocycles. The van der Waals surface area contributed by atoms with E-state index in [4.69, 9.17) is 20.6 Å². The van der Waals surface area contributed by atoms with Crippen molar-refractivity contribution in [3.63, 3.8) is 0 Å². The lowest BCUT2D eigenvalue weighted by molar-refractivity contribution is 0.0600. The van der Waals surface area contributed by atoms with Crippen LogP contribution in [0.25, 0.3) is 6.08 Å². The van der Waals surface area contributed by atoms with Crippen LogP contribution in [0.5, 0.6) is 5.75 Å². The summed E-state index contributed by atoms with van der Waals surface area (Å²) in [6, 6.07) is 9.58. The Labute approximate surface area is 240 Å². The van der Waals surface area contributed by atoms with Crippen LogP contribution in [0.1, 0.15) is 58.1 Å². The van der Waals surface area contributed by atoms with Crippen LogP contribution in [0.4, 0.5) is 0 Å². The van der Waals surface area contributed by atoms with Crippen LogP contribution in [-0.2, 0) is 11.3 Å². The average Bonchev–Trinajstić information content (AvgIpc) is 2.94. The van der Waals surface area contributed by atoms with E-state index < -0.39 is 0 Å². The summed E-state index contributed by atoms with van der Waals surface area (Å²) in [5.74, 6) is 0.989. The number of likely N-dealkylation sites (N-methyl/N-ethyl adjacent to an activating group) is 1. The number of nitrogens with one attached hydrogen (secondary N) is 2. The van der Waals surface area contributed by atoms with E-state index >= 15 is 0 Å². The minimum Gasteiger partial charge on any atom is -0.496 e. The predicted octanol–water partition coefficient (Wildman–Crippen LogP) is 4.19. The number of carbonyl (C=O) groups excluding carboxylic acids is 1. The second-order valence-electron chi connectivity index (χ2n) is 11.0. The summed E-state index contributed by atoms with van der Waals surface area (Å²) in [6.45, 7) is 12.9. The Balaban J connectivity index is 1.98. The first-order chi connectivity index (χ1) is 19.1. The summed E-state index contributed by atoms with van der Waals surface area (Å²) in [6.07, 6.45) is 4.48. The van der Waals surface area contributed by atoms with E-state index in [1.54, 1.807) is 7.11 Å². The van der Waals surface area contributed by atoms with Gasteiger partial charge in [0.1, 0.15) is 5.75 Å². The molecule has 218 valence electrons. The third-order valence-corrected chi connectivity index (χ3v) is 7.75. The number of allylic oxidation sites excluding steroid dienone is 1. The summed E-state index contributed by atoms with van der Waals surface area (Å²) in [7, 11) is 4.99. The van der Waals surface area contributed by atoms with Gasteiger partial charge in [0, 0.05) is 56.6 Å². The molecule has 1 saturated heterocycles. The highest BCUT2D eigenvalue weighted by molar-refractivity contribution is 5.89. The molecule has 0 spiro atoms. The average molecular weight is 550 g/mol. The molecular formula is C32H47N5O3. The molecule has 8 nitrogen and oxygen atoms in total. The van der Waals surface area contributed by atoms with Gasteiger partial charge < -0.3 is 25.9 Å². The summed E-state index contributed by atoms with van der Waals surface area (Å²) in [4.78, 5) is 16.9. The van der Waals surface area contributed by atoms with Crippen molar-refractivity contribution >= 4 is 17.8 Å². The van der Waals surface area contributed by atoms with Crippen molar-refractivity contribution in [1.82, 2.24) is 15.1 Å². The van der Waals surface area contributed by atoms with Crippen LogP contribution in [0.3, 0.4) is 0 Å². The van der Waals surface area contributed by atoms with E-state index in [-0.39, 0.29) is 18.1 Å². The number of aryl methyl sites for hydroxylation is 1. The van der Waals surface area contributed by atoms with E-state index in [0.717, 1.165) is 37.5 Å². The molecule has 40 heavy (non-hydrogen) atoms. The first-order valence-electron chi connectivity index (χ1n) is 14.1. The minimum absolute atomic E-state index is 0.0574. The monoisotopic (exact) mass is 549 g/mol. The molecular weight excluding hydrogens is 502 g/mol. The highest BCUT2D eigenvalue weighted by Crippen LogP contribution is 2.35. The van der Waals surface area contributed by atoms with Gasteiger partial charge in [-0.3, -0.25) is 9.80 Å². The summed E-state index contributed by atoms with van der Waals surface area (Å²) in [5, 5.41) is 11.6. The Morgan fingerprint density at radius 2 is 1.90 bits per heavy atom. The number of nitrogens with two attached hydrogens (primary N) is 1. The first kappa shape index (κ1) is 31.5. The second kappa shape index (κ2) is 14.6. The lowest BCUT2D eigenvalue weighted by Gasteiger charge is -2.42. The van der Waals surface area contributed by atoms with Gasteiger partial charge in [-0.1, -0.05) is 38.1 Å². The smallest absolute Gasteiger partial charge is 0.337 e. The Hall–Kier alpha value is -3.04. The molecule has 4 N–H and O–H groups in total. The highest BCUT2D eigenvalue weighted by Gasteiger charge is 2.31. The molecule has 2 atom stereocenters. The van der Waals surface area contributed by atoms with Gasteiger partial charge in [0.15, 0.2) is 0 Å². The second-order valence-corrected chi connectivity index (χ2v) is 11.0. The zero-order valence-corrected chi connectivity index (χ0v) is 25.2. The van der Waals surface area contributed by atoms with Crippen LogP contribution in [0.2, 0.25) is 0 Å². The number of piperazine rings is 1. The topological polar surface area (TPSA) is 104 Å². The largest absolute Gasteiger partial charge is 0.496 e. The standard InChI is InChI=1S/C32H47N5O3/c1-21(2)8-13-26-23(4)22(3)16-31(39-6)27(26)18-37-15-14-36(19-29(34)28(33)17-35-5)20-30(37)24-9-11-25(12-10-24)32(38)40-7/h8-13,16,21,28,30,34-35H,14-15,17-20,33H2,1-7H3/b13-8-,34-29?. The number of rotatable bonds is 12. The Bertz CT molecular complexity index is 1190. The lowest BCUT2D eigenvalue weighted by Crippen LogP contribution is -2.52. The zero-order chi connectivity index (χ0) is 29.4. The molecule has 1 heterocycles. The van der Waals surface area contributed by atoms with Gasteiger partial charge in [0.2, 0.25) is 0 Å². The maximum Gasteiger partial charge on any atom is 0.337 e. The minimum atomic E-state index is -0.345. The van der Waals surface area contributed by atoms with Crippen LogP contribution in [0, 0.1) is 25.2 Å². The van der Waals surface area contributed by atoms with E-state index in [0.29, 0.717) is 30.3 Å². The summed E-state index contributed by atoms with van der Waals surface area (Å²) < 4.78 is 10.8. The van der Waals surface area contributed by atoms with Gasteiger partial charge in [0.05, 0.1) is 25.8 Å². The molecule has 0 radical (unpaired) electrons. The Morgan fingerprint density at radius 1 is 1.20 bits per heavy atom. The van der Waals surface area contributed by atoms with Crippen molar-refractivity contribution in [2.24, 2.45) is 11.7 Å². The number of nitrogens with zero attached hydrogens (tertiary/aromatic N) is 2. The van der Waals surface area contributed by atoms with Crippen LogP contribution >= 0.6 is 0 Å². The number of hydrogen-bond acceptors (Lipinski definition) is 8. The number of carbonyl (C=O) groups is 1. The molecule has 3 rings (SSSR count). The fourth-order valence-electron chi connectivity index (χ4n) is 5.21. The molecule has 0 amide bonds. The lowest BCUT2D eigenvalue weighted by atomic mass is 9.93. The van der Waals surface area contributed by atoms with Gasteiger partial charge in [0.25, 0.3) is 0 Å². The Kier molecular flexibility index (Phi) is 11.5. The van der Waals surface area contributed by atoms with Gasteiger partial charge >= 0.3 is 5.97 Å². The molecule has 0 saturated carbocycles. The van der Waals surface area contributed by atoms with Crippen LogP contribution in [-0.4, -0.2) is 81.5 Å². The van der Waals surface area contributed by atoms with Crippen molar-refractivity contribution < 1.29 is 14.3 Å². The molecule has 1 aliphatic rings. The maximum atomic E-state index is 12.1. The fourth-order valence-corrected chi connectivity index (χ4v) is 5.21. The third kappa shape index (κ3) is 7.79. The van der Waals surface area contributed by atoms with Crippen molar-refractivity contribution in [3.8, 4) is 5.75 Å². The van der Waals surface area contributed by atoms with Crippen molar-refractivity contribution in [2.75, 3.05) is 54.0 Å². The first-order valence-corrected chi connectivity index (χ1v) is 14.1. The van der Waals surface area contributed by atoms with Crippen LogP contribution in [0.15, 0.2) is 36.4 Å². The van der Waals surface area contributed by atoms with E-state index in [1.807, 2.05) is 31.3 Å². The normalized spacial score (nSPS) is 17.4. The van der Waals surface area contributed by atoms with Crippen molar-refractivity contribution in [3.05, 3.63) is 69.8 Å².